The van der Waals surface area contributed by atoms with Crippen molar-refractivity contribution in [2.75, 3.05) is 12.4 Å². The Morgan fingerprint density at radius 1 is 1.28 bits per heavy atom. The van der Waals surface area contributed by atoms with Crippen molar-refractivity contribution < 1.29 is 0 Å². The number of hydrogen-bond acceptors (Lipinski definition) is 2. The summed E-state index contributed by atoms with van der Waals surface area (Å²) in [4.78, 5) is 8.01. The first-order chi connectivity index (χ1) is 8.86. The summed E-state index contributed by atoms with van der Waals surface area (Å²) in [6.07, 6.45) is 7.33. The van der Waals surface area contributed by atoms with E-state index in [1.165, 1.54) is 31.4 Å². The van der Waals surface area contributed by atoms with Crippen LogP contribution in [-0.4, -0.2) is 17.0 Å². The van der Waals surface area contributed by atoms with E-state index in [2.05, 4.69) is 39.6 Å². The van der Waals surface area contributed by atoms with Gasteiger partial charge in [0.15, 0.2) is 0 Å². The highest BCUT2D eigenvalue weighted by Crippen LogP contribution is 2.34. The zero-order chi connectivity index (χ0) is 12.4. The molecule has 3 heteroatoms. The molecule has 1 heterocycles. The fourth-order valence-corrected chi connectivity index (χ4v) is 2.75. The first-order valence-electron chi connectivity index (χ1n) is 6.70. The SMILES string of the molecule is CNc1cccc(-c2ncc(C3CCCC3)[nH]2)c1. The highest BCUT2D eigenvalue weighted by atomic mass is 14.9. The largest absolute Gasteiger partial charge is 0.388 e. The molecule has 1 saturated carbocycles. The van der Waals surface area contributed by atoms with Gasteiger partial charge in [-0.25, -0.2) is 4.98 Å². The highest BCUT2D eigenvalue weighted by molar-refractivity contribution is 5.62. The molecule has 1 aliphatic rings. The lowest BCUT2D eigenvalue weighted by Gasteiger charge is -2.05. The number of aromatic nitrogens is 2. The zero-order valence-corrected chi connectivity index (χ0v) is 10.7. The van der Waals surface area contributed by atoms with Gasteiger partial charge in [-0.2, -0.15) is 0 Å². The Balaban J connectivity index is 1.87. The molecule has 94 valence electrons. The second-order valence-electron chi connectivity index (χ2n) is 5.00. The molecule has 0 atom stereocenters. The minimum atomic E-state index is 0.693. The van der Waals surface area contributed by atoms with Crippen molar-refractivity contribution in [3.63, 3.8) is 0 Å². The fourth-order valence-electron chi connectivity index (χ4n) is 2.75. The van der Waals surface area contributed by atoms with E-state index in [0.717, 1.165) is 17.1 Å². The van der Waals surface area contributed by atoms with Crippen LogP contribution in [0.3, 0.4) is 0 Å². The first kappa shape index (κ1) is 11.3. The Morgan fingerprint density at radius 2 is 2.11 bits per heavy atom. The Hall–Kier alpha value is -1.77. The van der Waals surface area contributed by atoms with E-state index < -0.39 is 0 Å². The van der Waals surface area contributed by atoms with Gasteiger partial charge in [-0.15, -0.1) is 0 Å². The van der Waals surface area contributed by atoms with Gasteiger partial charge in [-0.05, 0) is 25.0 Å². The van der Waals surface area contributed by atoms with Crippen molar-refractivity contribution in [1.29, 1.82) is 0 Å². The van der Waals surface area contributed by atoms with Crippen molar-refractivity contribution in [3.05, 3.63) is 36.2 Å². The molecule has 0 amide bonds. The molecule has 0 bridgehead atoms. The van der Waals surface area contributed by atoms with Gasteiger partial charge < -0.3 is 10.3 Å². The number of hydrogen-bond donors (Lipinski definition) is 2. The van der Waals surface area contributed by atoms with Gasteiger partial charge in [-0.3, -0.25) is 0 Å². The summed E-state index contributed by atoms with van der Waals surface area (Å²) in [7, 11) is 1.94. The monoisotopic (exact) mass is 241 g/mol. The average molecular weight is 241 g/mol. The van der Waals surface area contributed by atoms with E-state index in [0.29, 0.717) is 5.92 Å². The standard InChI is InChI=1S/C15H19N3/c1-16-13-8-4-7-12(9-13)15-17-10-14(18-15)11-5-2-3-6-11/h4,7-11,16H,2-3,5-6H2,1H3,(H,17,18). The van der Waals surface area contributed by atoms with E-state index in [4.69, 9.17) is 0 Å². The molecule has 1 aromatic carbocycles. The third kappa shape index (κ3) is 2.13. The van der Waals surface area contributed by atoms with E-state index in [1.807, 2.05) is 13.2 Å². The summed E-state index contributed by atoms with van der Waals surface area (Å²) in [5, 5.41) is 3.16. The molecule has 3 rings (SSSR count). The second-order valence-corrected chi connectivity index (χ2v) is 5.00. The third-order valence-corrected chi connectivity index (χ3v) is 3.82. The number of imidazole rings is 1. The van der Waals surface area contributed by atoms with Gasteiger partial charge in [0, 0.05) is 36.1 Å². The quantitative estimate of drug-likeness (QED) is 0.858. The molecule has 1 aromatic heterocycles. The molecule has 0 saturated heterocycles. The summed E-state index contributed by atoms with van der Waals surface area (Å²) in [6.45, 7) is 0. The lowest BCUT2D eigenvalue weighted by Crippen LogP contribution is -1.92. The maximum Gasteiger partial charge on any atom is 0.137 e. The van der Waals surface area contributed by atoms with Gasteiger partial charge in [-0.1, -0.05) is 25.0 Å². The number of nitrogens with zero attached hydrogens (tertiary/aromatic N) is 1. The maximum absolute atomic E-state index is 4.52. The zero-order valence-electron chi connectivity index (χ0n) is 10.7. The van der Waals surface area contributed by atoms with Crippen molar-refractivity contribution >= 4 is 5.69 Å². The Bertz CT molecular complexity index is 524. The average Bonchev–Trinajstić information content (AvgIpc) is 3.09. The number of aromatic amines is 1. The number of nitrogens with one attached hydrogen (secondary N) is 2. The van der Waals surface area contributed by atoms with E-state index in [-0.39, 0.29) is 0 Å². The number of rotatable bonds is 3. The second kappa shape index (κ2) is 4.84. The number of benzene rings is 1. The van der Waals surface area contributed by atoms with Crippen molar-refractivity contribution in [2.45, 2.75) is 31.6 Å². The van der Waals surface area contributed by atoms with E-state index in [1.54, 1.807) is 0 Å². The minimum absolute atomic E-state index is 0.693. The third-order valence-electron chi connectivity index (χ3n) is 3.82. The van der Waals surface area contributed by atoms with Gasteiger partial charge in [0.2, 0.25) is 0 Å². The van der Waals surface area contributed by atoms with Crippen LogP contribution < -0.4 is 5.32 Å². The van der Waals surface area contributed by atoms with Crippen LogP contribution in [0.25, 0.3) is 11.4 Å². The van der Waals surface area contributed by atoms with Crippen LogP contribution in [-0.2, 0) is 0 Å². The van der Waals surface area contributed by atoms with Gasteiger partial charge >= 0.3 is 0 Å². The van der Waals surface area contributed by atoms with Crippen LogP contribution in [0.1, 0.15) is 37.3 Å². The molecule has 0 radical (unpaired) electrons. The summed E-state index contributed by atoms with van der Waals surface area (Å²) >= 11 is 0. The first-order valence-corrected chi connectivity index (χ1v) is 6.70. The molecule has 2 aromatic rings. The predicted molar refractivity (Wildman–Crippen MR) is 74.8 cm³/mol. The van der Waals surface area contributed by atoms with Crippen molar-refractivity contribution in [3.8, 4) is 11.4 Å². The van der Waals surface area contributed by atoms with Gasteiger partial charge in [0.1, 0.15) is 5.82 Å². The Morgan fingerprint density at radius 3 is 2.89 bits per heavy atom. The lowest BCUT2D eigenvalue weighted by atomic mass is 10.1. The molecule has 3 nitrogen and oxygen atoms in total. The normalized spacial score (nSPS) is 16.1. The summed E-state index contributed by atoms with van der Waals surface area (Å²) < 4.78 is 0. The van der Waals surface area contributed by atoms with E-state index >= 15 is 0 Å². The van der Waals surface area contributed by atoms with Crippen LogP contribution in [0.5, 0.6) is 0 Å². The van der Waals surface area contributed by atoms with Crippen molar-refractivity contribution in [1.82, 2.24) is 9.97 Å². The van der Waals surface area contributed by atoms with Crippen LogP contribution in [0.2, 0.25) is 0 Å². The van der Waals surface area contributed by atoms with Crippen LogP contribution in [0.4, 0.5) is 5.69 Å². The fraction of sp³-hybridized carbons (Fsp3) is 0.400. The van der Waals surface area contributed by atoms with Gasteiger partial charge in [0.25, 0.3) is 0 Å². The molecular formula is C15H19N3. The molecule has 1 fully saturated rings. The highest BCUT2D eigenvalue weighted by Gasteiger charge is 2.19. The minimum Gasteiger partial charge on any atom is -0.388 e. The molecule has 0 aliphatic heterocycles. The molecule has 0 spiro atoms. The van der Waals surface area contributed by atoms with Crippen LogP contribution in [0, 0.1) is 0 Å². The summed E-state index contributed by atoms with van der Waals surface area (Å²) in [5.41, 5.74) is 3.56. The van der Waals surface area contributed by atoms with E-state index in [9.17, 15) is 0 Å². The molecular weight excluding hydrogens is 222 g/mol. The Labute approximate surface area is 108 Å². The predicted octanol–water partition coefficient (Wildman–Crippen LogP) is 3.78. The summed E-state index contributed by atoms with van der Waals surface area (Å²) in [6, 6.07) is 8.33. The summed E-state index contributed by atoms with van der Waals surface area (Å²) in [5.74, 6) is 1.67. The number of anilines is 1. The molecule has 0 unspecified atom stereocenters. The smallest absolute Gasteiger partial charge is 0.137 e. The number of H-pyrrole nitrogens is 1. The molecule has 1 aliphatic carbocycles. The van der Waals surface area contributed by atoms with Crippen molar-refractivity contribution in [2.24, 2.45) is 0 Å². The van der Waals surface area contributed by atoms with Gasteiger partial charge in [0.05, 0.1) is 0 Å². The molecule has 18 heavy (non-hydrogen) atoms. The lowest BCUT2D eigenvalue weighted by molar-refractivity contribution is 0.703. The topological polar surface area (TPSA) is 40.7 Å². The Kier molecular flexibility index (Phi) is 3.05. The maximum atomic E-state index is 4.52. The molecule has 2 N–H and O–H groups in total. The van der Waals surface area contributed by atoms with Crippen LogP contribution in [0.15, 0.2) is 30.5 Å². The van der Waals surface area contributed by atoms with Crippen LogP contribution >= 0.6 is 0 Å².